The Hall–Kier alpha value is -4.65. The monoisotopic (exact) mass is 659 g/mol. The van der Waals surface area contributed by atoms with E-state index >= 15 is 0 Å². The summed E-state index contributed by atoms with van der Waals surface area (Å²) in [6.07, 6.45) is 10.3. The molecule has 1 saturated heterocycles. The first-order chi connectivity index (χ1) is 23.4. The van der Waals surface area contributed by atoms with Crippen molar-refractivity contribution in [2.45, 2.75) is 57.7 Å². The summed E-state index contributed by atoms with van der Waals surface area (Å²) in [5.74, 6) is 1.48. The highest BCUT2D eigenvalue weighted by molar-refractivity contribution is 5.67. The quantitative estimate of drug-likeness (QED) is 0.0809. The van der Waals surface area contributed by atoms with Crippen molar-refractivity contribution in [3.05, 3.63) is 42.4 Å². The third kappa shape index (κ3) is 9.03. The van der Waals surface area contributed by atoms with Crippen LogP contribution >= 0.6 is 0 Å². The number of nitrogens with zero attached hydrogens (tertiary/aromatic N) is 8. The van der Waals surface area contributed by atoms with Crippen LogP contribution in [0.1, 0.15) is 51.1 Å². The number of hydrogen-bond acceptors (Lipinski definition) is 13. The topological polar surface area (TPSA) is 183 Å². The van der Waals surface area contributed by atoms with E-state index in [1.807, 2.05) is 16.9 Å². The maximum Gasteiger partial charge on any atom is 0.256 e. The zero-order valence-corrected chi connectivity index (χ0v) is 27.8. The first kappa shape index (κ1) is 34.7. The molecule has 256 valence electrons. The summed E-state index contributed by atoms with van der Waals surface area (Å²) in [5, 5.41) is 29.5. The van der Waals surface area contributed by atoms with Crippen molar-refractivity contribution < 1.29 is 18.9 Å². The average Bonchev–Trinajstić information content (AvgIpc) is 3.52. The predicted molar refractivity (Wildman–Crippen MR) is 179 cm³/mol. The molecule has 0 radical (unpaired) electrons. The molecule has 15 heteroatoms. The minimum atomic E-state index is -0.430. The van der Waals surface area contributed by atoms with E-state index in [1.165, 1.54) is 0 Å². The number of nitrogens with one attached hydrogen (secondary N) is 3. The summed E-state index contributed by atoms with van der Waals surface area (Å²) in [4.78, 5) is 11.7. The minimum absolute atomic E-state index is 0.189. The summed E-state index contributed by atoms with van der Waals surface area (Å²) < 4.78 is 25.0. The number of benzene rings is 1. The normalized spacial score (nSPS) is 19.5. The third-order valence-corrected chi connectivity index (χ3v) is 8.64. The molecule has 0 bridgehead atoms. The number of anilines is 2. The molecule has 3 N–H and O–H groups in total. The van der Waals surface area contributed by atoms with Crippen molar-refractivity contribution in [1.82, 2.24) is 29.7 Å². The third-order valence-electron chi connectivity index (χ3n) is 8.64. The summed E-state index contributed by atoms with van der Waals surface area (Å²) in [6.45, 7) is 8.75. The average molecular weight is 660 g/mol. The van der Waals surface area contributed by atoms with Crippen LogP contribution in [-0.2, 0) is 9.47 Å². The molecule has 3 heterocycles. The summed E-state index contributed by atoms with van der Waals surface area (Å²) in [7, 11) is 1.68. The van der Waals surface area contributed by atoms with Crippen LogP contribution < -0.4 is 14.8 Å². The van der Waals surface area contributed by atoms with Gasteiger partial charge in [0, 0.05) is 50.1 Å². The molecule has 0 spiro atoms. The van der Waals surface area contributed by atoms with Crippen LogP contribution in [0.2, 0.25) is 0 Å². The van der Waals surface area contributed by atoms with Crippen LogP contribution in [0.4, 0.5) is 11.6 Å². The molecule has 0 amide bonds. The number of ether oxygens (including phenoxy) is 4. The molecule has 5 rings (SSSR count). The Kier molecular flexibility index (Phi) is 12.2. The van der Waals surface area contributed by atoms with Gasteiger partial charge in [0.15, 0.2) is 0 Å². The van der Waals surface area contributed by atoms with Crippen LogP contribution in [-0.4, -0.2) is 101 Å². The first-order valence-corrected chi connectivity index (χ1v) is 16.4. The van der Waals surface area contributed by atoms with Crippen molar-refractivity contribution in [2.75, 3.05) is 58.5 Å². The molecule has 1 unspecified atom stereocenters. The summed E-state index contributed by atoms with van der Waals surface area (Å²) in [5.41, 5.74) is 9.73. The Balaban J connectivity index is 1.29. The van der Waals surface area contributed by atoms with E-state index in [4.69, 9.17) is 35.0 Å². The van der Waals surface area contributed by atoms with Crippen LogP contribution in [0.15, 0.2) is 42.0 Å². The number of aromatic nitrogens is 4. The number of hydrogen-bond donors (Lipinski definition) is 3. The largest absolute Gasteiger partial charge is 0.487 e. The smallest absolute Gasteiger partial charge is 0.256 e. The zero-order valence-electron chi connectivity index (χ0n) is 27.8. The van der Waals surface area contributed by atoms with Gasteiger partial charge in [0.1, 0.15) is 29.9 Å². The maximum atomic E-state index is 9.62. The van der Waals surface area contributed by atoms with Gasteiger partial charge in [0.25, 0.3) is 5.88 Å². The van der Waals surface area contributed by atoms with E-state index in [0.717, 1.165) is 74.5 Å². The van der Waals surface area contributed by atoms with E-state index in [1.54, 1.807) is 38.6 Å². The highest BCUT2D eigenvalue weighted by Gasteiger charge is 2.29. The second-order valence-corrected chi connectivity index (χ2v) is 12.3. The second-order valence-electron chi connectivity index (χ2n) is 12.3. The number of rotatable bonds is 16. The molecule has 1 aliphatic carbocycles. The summed E-state index contributed by atoms with van der Waals surface area (Å²) in [6, 6.07) is 8.29. The van der Waals surface area contributed by atoms with Gasteiger partial charge in [0.05, 0.1) is 50.8 Å². The molecule has 15 nitrogen and oxygen atoms in total. The van der Waals surface area contributed by atoms with Gasteiger partial charge in [-0.3, -0.25) is 15.0 Å². The van der Waals surface area contributed by atoms with E-state index in [2.05, 4.69) is 38.4 Å². The van der Waals surface area contributed by atoms with Crippen LogP contribution in [0, 0.1) is 28.2 Å². The Morgan fingerprint density at radius 1 is 1.12 bits per heavy atom. The van der Waals surface area contributed by atoms with Crippen molar-refractivity contribution in [1.29, 1.82) is 16.2 Å². The molecule has 2 fully saturated rings. The van der Waals surface area contributed by atoms with Crippen molar-refractivity contribution in [3.63, 3.8) is 0 Å². The molecule has 48 heavy (non-hydrogen) atoms. The molecule has 2 aromatic heterocycles. The minimum Gasteiger partial charge on any atom is -0.487 e. The Labute approximate surface area is 281 Å². The van der Waals surface area contributed by atoms with E-state index < -0.39 is 6.10 Å². The predicted octanol–water partition coefficient (Wildman–Crippen LogP) is 5.05. The fraction of sp³-hybridized carbons (Fsp3) is 0.545. The van der Waals surface area contributed by atoms with Gasteiger partial charge in [-0.15, -0.1) is 5.10 Å². The molecule has 1 saturated carbocycles. The molecule has 1 aliphatic heterocycles. The molecule has 3 aromatic rings. The molecule has 1 aromatic carbocycles. The van der Waals surface area contributed by atoms with Gasteiger partial charge >= 0.3 is 0 Å². The van der Waals surface area contributed by atoms with Crippen molar-refractivity contribution in [2.24, 2.45) is 11.1 Å². The van der Waals surface area contributed by atoms with Gasteiger partial charge in [-0.1, -0.05) is 18.2 Å². The summed E-state index contributed by atoms with van der Waals surface area (Å²) >= 11 is 0. The lowest BCUT2D eigenvalue weighted by Gasteiger charge is -2.38. The van der Waals surface area contributed by atoms with Crippen LogP contribution in [0.3, 0.4) is 0 Å². The number of methoxy groups -OCH3 is 1. The highest BCUT2D eigenvalue weighted by Crippen LogP contribution is 2.35. The fourth-order valence-corrected chi connectivity index (χ4v) is 6.13. The van der Waals surface area contributed by atoms with Gasteiger partial charge in [0.2, 0.25) is 5.95 Å². The fourth-order valence-electron chi connectivity index (χ4n) is 6.13. The standard InChI is InChI=1S/C33H45N11O4/c1-23(20-45-3)21-47-32-30(19-44(40-32)29-8-6-28(7-9-29)42-10-12-46-13-11-42)39-33-37-16-27(17-38-33)25-4-5-26(15-34)31(14-25)48-24(2)18-43(22-35)41-36/h4-5,14,16-17,19,22-24,28-29,35-36H,6-13,18,20-21H2,1-3H3,(H,37,38,39)/t23?,24-,28-,29-/m0/s1. The number of nitriles is 1. The molecular formula is C33H45N11O4. The first-order valence-electron chi connectivity index (χ1n) is 16.4. The van der Waals surface area contributed by atoms with E-state index in [9.17, 15) is 5.26 Å². The van der Waals surface area contributed by atoms with Gasteiger partial charge < -0.3 is 24.3 Å². The SMILES string of the molecule is COCC(C)COc1nn([C@H]2CC[C@H](N3CCOCC3)CC2)cc1Nc1ncc(-c2ccc(C#N)c(O[C@@H](C)CN(C=N)N=N)c2)cn1. The van der Waals surface area contributed by atoms with Gasteiger partial charge in [-0.2, -0.15) is 10.8 Å². The Morgan fingerprint density at radius 3 is 2.52 bits per heavy atom. The van der Waals surface area contributed by atoms with Crippen molar-refractivity contribution >= 4 is 18.0 Å². The maximum absolute atomic E-state index is 9.62. The lowest BCUT2D eigenvalue weighted by Crippen LogP contribution is -2.45. The van der Waals surface area contributed by atoms with Gasteiger partial charge in [-0.25, -0.2) is 15.0 Å². The second kappa shape index (κ2) is 17.0. The molecule has 2 aliphatic rings. The Morgan fingerprint density at radius 2 is 1.85 bits per heavy atom. The van der Waals surface area contributed by atoms with Crippen molar-refractivity contribution in [3.8, 4) is 28.8 Å². The lowest BCUT2D eigenvalue weighted by atomic mass is 9.90. The zero-order chi connectivity index (χ0) is 33.9. The number of morpholine rings is 1. The van der Waals surface area contributed by atoms with Gasteiger partial charge in [-0.05, 0) is 50.3 Å². The van der Waals surface area contributed by atoms with E-state index in [0.29, 0.717) is 48.1 Å². The van der Waals surface area contributed by atoms with E-state index in [-0.39, 0.29) is 18.5 Å². The highest BCUT2D eigenvalue weighted by atomic mass is 16.5. The molecule has 2 atom stereocenters. The Bertz CT molecular complexity index is 1520. The lowest BCUT2D eigenvalue weighted by molar-refractivity contribution is 0.00502. The molecular weight excluding hydrogens is 614 g/mol. The van der Waals surface area contributed by atoms with Crippen LogP contribution in [0.5, 0.6) is 11.6 Å². The van der Waals surface area contributed by atoms with Crippen LogP contribution in [0.25, 0.3) is 11.1 Å².